The Bertz CT molecular complexity index is 947. The van der Waals surface area contributed by atoms with Gasteiger partial charge >= 0.3 is 35.9 Å². The monoisotopic (exact) mass is 603 g/mol. The lowest BCUT2D eigenvalue weighted by molar-refractivity contribution is -0.151. The highest BCUT2D eigenvalue weighted by atomic mass is 16.5. The van der Waals surface area contributed by atoms with Crippen LogP contribution in [-0.2, 0) is 42.9 Å². The van der Waals surface area contributed by atoms with Crippen molar-refractivity contribution >= 4 is 35.9 Å². The molecule has 0 aliphatic carbocycles. The van der Waals surface area contributed by atoms with Gasteiger partial charge in [0.15, 0.2) is 6.04 Å². The van der Waals surface area contributed by atoms with Crippen LogP contribution in [0.1, 0.15) is 6.92 Å². The molecule has 2 heterocycles. The van der Waals surface area contributed by atoms with Crippen LogP contribution in [0.2, 0.25) is 0 Å². The van der Waals surface area contributed by atoms with E-state index >= 15 is 0 Å². The number of hydrogen-bond donors (Lipinski definition) is 2. The lowest BCUT2D eigenvalue weighted by Crippen LogP contribution is -2.57. The number of carboxylic acids is 1. The minimum Gasteiger partial charge on any atom is -0.480 e. The summed E-state index contributed by atoms with van der Waals surface area (Å²) in [4.78, 5) is 80.5. The molecule has 238 valence electrons. The maximum absolute atomic E-state index is 12.4. The number of nitrogens with zero attached hydrogens (tertiary/aromatic N) is 5. The van der Waals surface area contributed by atoms with Crippen molar-refractivity contribution in [2.24, 2.45) is 0 Å². The minimum absolute atomic E-state index is 0.0157. The van der Waals surface area contributed by atoms with Crippen molar-refractivity contribution in [1.29, 1.82) is 0 Å². The summed E-state index contributed by atoms with van der Waals surface area (Å²) < 4.78 is 19.9. The zero-order valence-corrected chi connectivity index (χ0v) is 24.4. The summed E-state index contributed by atoms with van der Waals surface area (Å²) in [6.07, 6.45) is -2.55. The molecule has 0 aromatic carbocycles. The van der Waals surface area contributed by atoms with Crippen LogP contribution in [0.15, 0.2) is 0 Å². The molecule has 0 bridgehead atoms. The first-order chi connectivity index (χ1) is 19.9. The number of carbonyl (C=O) groups excluding carboxylic acids is 4. The van der Waals surface area contributed by atoms with Crippen LogP contribution in [0, 0.1) is 0 Å². The maximum atomic E-state index is 12.4. The van der Waals surface area contributed by atoms with Crippen LogP contribution in [0.25, 0.3) is 0 Å². The molecule has 0 radical (unpaired) electrons. The van der Waals surface area contributed by atoms with Crippen LogP contribution < -0.4 is 0 Å². The SMILES string of the molecule is COC(=O)CN1CCN(CC(=O)OC)CCN([C@@H]2[C@@H](OC(C)=O)CN(C(=O)O)[C@@H]2C(=O)O)CCN(CC(=O)OC)CC1. The molecule has 0 aromatic heterocycles. The summed E-state index contributed by atoms with van der Waals surface area (Å²) in [6, 6.07) is -2.60. The fraction of sp³-hybridized carbons (Fsp3) is 0.760. The Morgan fingerprint density at radius 3 is 1.36 bits per heavy atom. The predicted octanol–water partition coefficient (Wildman–Crippen LogP) is -2.53. The number of rotatable bonds is 9. The Morgan fingerprint density at radius 1 is 0.667 bits per heavy atom. The van der Waals surface area contributed by atoms with Crippen molar-refractivity contribution in [1.82, 2.24) is 24.5 Å². The van der Waals surface area contributed by atoms with E-state index in [1.165, 1.54) is 21.3 Å². The molecule has 1 amide bonds. The molecule has 17 nitrogen and oxygen atoms in total. The topological polar surface area (TPSA) is 196 Å². The maximum Gasteiger partial charge on any atom is 0.408 e. The van der Waals surface area contributed by atoms with Crippen molar-refractivity contribution in [3.8, 4) is 0 Å². The Kier molecular flexibility index (Phi) is 13.9. The summed E-state index contributed by atoms with van der Waals surface area (Å²) in [6.45, 7) is 2.70. The van der Waals surface area contributed by atoms with E-state index < -0.39 is 54.1 Å². The Hall–Kier alpha value is -3.54. The molecule has 0 spiro atoms. The van der Waals surface area contributed by atoms with Gasteiger partial charge in [-0.1, -0.05) is 0 Å². The molecule has 0 aromatic rings. The molecule has 3 atom stereocenters. The quantitative estimate of drug-likeness (QED) is 0.207. The summed E-state index contributed by atoms with van der Waals surface area (Å²) in [7, 11) is 3.79. The summed E-state index contributed by atoms with van der Waals surface area (Å²) in [5.74, 6) is -3.55. The lowest BCUT2D eigenvalue weighted by Gasteiger charge is -2.38. The average Bonchev–Trinajstić information content (AvgIpc) is 3.31. The molecular formula is C25H41N5O12. The summed E-state index contributed by atoms with van der Waals surface area (Å²) in [5.41, 5.74) is 0. The van der Waals surface area contributed by atoms with E-state index in [9.17, 15) is 39.0 Å². The first-order valence-corrected chi connectivity index (χ1v) is 13.4. The lowest BCUT2D eigenvalue weighted by atomic mass is 10.0. The number of esters is 4. The second kappa shape index (κ2) is 16.8. The molecule has 2 N–H and O–H groups in total. The van der Waals surface area contributed by atoms with E-state index in [2.05, 4.69) is 0 Å². The number of likely N-dealkylation sites (tertiary alicyclic amines) is 1. The third-order valence-corrected chi connectivity index (χ3v) is 7.27. The molecule has 0 saturated carbocycles. The van der Waals surface area contributed by atoms with E-state index in [-0.39, 0.29) is 52.4 Å². The van der Waals surface area contributed by atoms with Gasteiger partial charge in [-0.2, -0.15) is 0 Å². The first kappa shape index (κ1) is 34.7. The number of carbonyl (C=O) groups is 6. The smallest absolute Gasteiger partial charge is 0.408 e. The standard InChI is InChI=1S/C25H41N5O12/c1-17(31)42-18-13-30(25(37)38)23(24(35)36)22(18)29-11-9-27(15-20(33)40-3)7-5-26(14-19(32)39-2)6-8-28(10-12-29)16-21(34)41-4/h18,22-23H,5-16H2,1-4H3,(H,35,36)(H,37,38)/t18-,22+,23-/m0/s1. The van der Waals surface area contributed by atoms with Crippen LogP contribution in [0.3, 0.4) is 0 Å². The summed E-state index contributed by atoms with van der Waals surface area (Å²) in [5, 5.41) is 19.8. The van der Waals surface area contributed by atoms with Crippen LogP contribution in [-0.4, -0.2) is 189 Å². The zero-order chi connectivity index (χ0) is 31.4. The molecule has 2 rings (SSSR count). The third kappa shape index (κ3) is 10.4. The number of aliphatic carboxylic acids is 1. The van der Waals surface area contributed by atoms with E-state index in [1.54, 1.807) is 14.7 Å². The van der Waals surface area contributed by atoms with Crippen molar-refractivity contribution < 1.29 is 57.9 Å². The Labute approximate surface area is 243 Å². The van der Waals surface area contributed by atoms with Crippen molar-refractivity contribution in [3.63, 3.8) is 0 Å². The van der Waals surface area contributed by atoms with Gasteiger partial charge in [-0.05, 0) is 0 Å². The van der Waals surface area contributed by atoms with E-state index in [4.69, 9.17) is 18.9 Å². The van der Waals surface area contributed by atoms with Crippen LogP contribution >= 0.6 is 0 Å². The molecule has 42 heavy (non-hydrogen) atoms. The highest BCUT2D eigenvalue weighted by Crippen LogP contribution is 2.27. The number of carboxylic acid groups (broad SMARTS) is 2. The summed E-state index contributed by atoms with van der Waals surface area (Å²) >= 11 is 0. The van der Waals surface area contributed by atoms with Gasteiger partial charge in [-0.15, -0.1) is 0 Å². The molecule has 2 aliphatic rings. The minimum atomic E-state index is -1.54. The van der Waals surface area contributed by atoms with Gasteiger partial charge in [-0.3, -0.25) is 43.7 Å². The van der Waals surface area contributed by atoms with E-state index in [0.29, 0.717) is 26.2 Å². The highest BCUT2D eigenvalue weighted by Gasteiger charge is 2.52. The first-order valence-electron chi connectivity index (χ1n) is 13.4. The van der Waals surface area contributed by atoms with Crippen LogP contribution in [0.4, 0.5) is 4.79 Å². The number of amides is 1. The van der Waals surface area contributed by atoms with Gasteiger partial charge in [0.25, 0.3) is 0 Å². The fourth-order valence-electron chi connectivity index (χ4n) is 5.10. The number of hydrogen-bond acceptors (Lipinski definition) is 14. The molecule has 17 heteroatoms. The van der Waals surface area contributed by atoms with Gasteiger partial charge in [0.1, 0.15) is 6.10 Å². The molecular weight excluding hydrogens is 562 g/mol. The van der Waals surface area contributed by atoms with Crippen LogP contribution in [0.5, 0.6) is 0 Å². The Balaban J connectivity index is 2.46. The fourth-order valence-corrected chi connectivity index (χ4v) is 5.10. The van der Waals surface area contributed by atoms with Crippen molar-refractivity contribution in [2.75, 3.05) is 99.9 Å². The van der Waals surface area contributed by atoms with Gasteiger partial charge in [0.2, 0.25) is 0 Å². The van der Waals surface area contributed by atoms with Gasteiger partial charge < -0.3 is 29.2 Å². The number of methoxy groups -OCH3 is 3. The van der Waals surface area contributed by atoms with Gasteiger partial charge in [-0.25, -0.2) is 9.59 Å². The number of ether oxygens (including phenoxy) is 4. The largest absolute Gasteiger partial charge is 0.480 e. The van der Waals surface area contributed by atoms with E-state index in [0.717, 1.165) is 11.8 Å². The average molecular weight is 604 g/mol. The molecule has 2 saturated heterocycles. The van der Waals surface area contributed by atoms with Crippen molar-refractivity contribution in [2.45, 2.75) is 25.1 Å². The van der Waals surface area contributed by atoms with Crippen molar-refractivity contribution in [3.05, 3.63) is 0 Å². The van der Waals surface area contributed by atoms with E-state index in [1.807, 2.05) is 4.90 Å². The predicted molar refractivity (Wildman–Crippen MR) is 142 cm³/mol. The molecule has 2 aliphatic heterocycles. The second-order valence-corrected chi connectivity index (χ2v) is 9.95. The highest BCUT2D eigenvalue weighted by molar-refractivity contribution is 5.81. The molecule has 0 unspecified atom stereocenters. The zero-order valence-electron chi connectivity index (χ0n) is 24.4. The van der Waals surface area contributed by atoms with Gasteiger partial charge in [0.05, 0.1) is 53.6 Å². The normalized spacial score (nSPS) is 23.7. The third-order valence-electron chi connectivity index (χ3n) is 7.27. The second-order valence-electron chi connectivity index (χ2n) is 9.95. The molecule has 2 fully saturated rings. The Morgan fingerprint density at radius 2 is 1.05 bits per heavy atom. The van der Waals surface area contributed by atoms with Gasteiger partial charge in [0, 0.05) is 59.3 Å².